The second-order valence-corrected chi connectivity index (χ2v) is 4.41. The van der Waals surface area contributed by atoms with Gasteiger partial charge in [-0.15, -0.1) is 0 Å². The van der Waals surface area contributed by atoms with E-state index >= 15 is 0 Å². The molecule has 66 valence electrons. The molecule has 0 heterocycles. The summed E-state index contributed by atoms with van der Waals surface area (Å²) in [4.78, 5) is 0. The normalized spacial score (nSPS) is 12.8. The van der Waals surface area contributed by atoms with Crippen molar-refractivity contribution < 1.29 is 0 Å². The molecule has 0 unspecified atom stereocenters. The molecule has 11 heavy (non-hydrogen) atoms. The minimum atomic E-state index is -0.140. The summed E-state index contributed by atoms with van der Waals surface area (Å²) in [6.45, 7) is 10.4. The van der Waals surface area contributed by atoms with Crippen LogP contribution in [-0.4, -0.2) is 11.5 Å². The molecule has 3 nitrogen and oxygen atoms in total. The molecule has 0 aromatic heterocycles. The van der Waals surface area contributed by atoms with E-state index in [1.165, 1.54) is 0 Å². The maximum atomic E-state index is 7.10. The van der Waals surface area contributed by atoms with Crippen molar-refractivity contribution in [3.63, 3.8) is 0 Å². The van der Waals surface area contributed by atoms with Crippen molar-refractivity contribution in [3.05, 3.63) is 0 Å². The molecule has 0 rings (SSSR count). The van der Waals surface area contributed by atoms with Gasteiger partial charge >= 0.3 is 0 Å². The monoisotopic (exact) mass is 157 g/mol. The van der Waals surface area contributed by atoms with Crippen LogP contribution in [0.5, 0.6) is 0 Å². The van der Waals surface area contributed by atoms with E-state index in [0.29, 0.717) is 0 Å². The molecule has 0 amide bonds. The molecule has 0 radical (unpaired) electrons. The third kappa shape index (κ3) is 2.78. The fourth-order valence-electron chi connectivity index (χ4n) is 0.524. The molecule has 0 aliphatic rings. The van der Waals surface area contributed by atoms with Crippen LogP contribution in [0, 0.1) is 10.8 Å². The highest BCUT2D eigenvalue weighted by Gasteiger charge is 2.32. The largest absolute Gasteiger partial charge is 0.370 e. The Bertz CT molecular complexity index is 153. The summed E-state index contributed by atoms with van der Waals surface area (Å²) >= 11 is 0. The Hall–Kier alpha value is -0.730. The maximum absolute atomic E-state index is 7.10. The number of nitrogens with one attached hydrogen (secondary N) is 2. The van der Waals surface area contributed by atoms with Crippen LogP contribution in [0.2, 0.25) is 0 Å². The summed E-state index contributed by atoms with van der Waals surface area (Å²) in [6, 6.07) is 0. The van der Waals surface area contributed by atoms with E-state index in [0.717, 1.165) is 0 Å². The topological polar surface area (TPSA) is 61.9 Å². The third-order valence-corrected chi connectivity index (χ3v) is 2.32. The van der Waals surface area contributed by atoms with Crippen molar-refractivity contribution in [3.8, 4) is 0 Å². The molecule has 0 saturated heterocycles. The van der Waals surface area contributed by atoms with Crippen molar-refractivity contribution in [2.24, 2.45) is 11.1 Å². The maximum Gasteiger partial charge on any atom is 0.186 e. The Labute approximate surface area is 68.9 Å². The zero-order valence-electron chi connectivity index (χ0n) is 8.08. The highest BCUT2D eigenvalue weighted by Crippen LogP contribution is 2.28. The first kappa shape index (κ1) is 10.3. The van der Waals surface area contributed by atoms with Gasteiger partial charge in [-0.1, -0.05) is 20.8 Å². The lowest BCUT2D eigenvalue weighted by molar-refractivity contribution is 0.203. The number of hydrogen-bond donors (Lipinski definition) is 3. The predicted molar refractivity (Wildman–Crippen MR) is 48.6 cm³/mol. The van der Waals surface area contributed by atoms with Gasteiger partial charge in [0.25, 0.3) is 0 Å². The summed E-state index contributed by atoms with van der Waals surface area (Å²) in [5.74, 6) is 0.0323. The summed E-state index contributed by atoms with van der Waals surface area (Å²) in [5.41, 5.74) is 5.20. The molecule has 0 atom stereocenters. The van der Waals surface area contributed by atoms with Gasteiger partial charge in [-0.2, -0.15) is 0 Å². The molecule has 0 fully saturated rings. The molecule has 0 spiro atoms. The van der Waals surface area contributed by atoms with E-state index in [4.69, 9.17) is 11.1 Å². The van der Waals surface area contributed by atoms with Gasteiger partial charge in [0.1, 0.15) is 0 Å². The van der Waals surface area contributed by atoms with Crippen LogP contribution in [0.15, 0.2) is 0 Å². The van der Waals surface area contributed by atoms with Gasteiger partial charge < -0.3 is 11.1 Å². The SMILES string of the molecule is CC(C)(C)C(C)(C)NC(=N)N. The van der Waals surface area contributed by atoms with Crippen molar-refractivity contribution in [2.45, 2.75) is 40.2 Å². The van der Waals surface area contributed by atoms with Gasteiger partial charge in [0.2, 0.25) is 0 Å². The Balaban J connectivity index is 4.34. The van der Waals surface area contributed by atoms with E-state index in [2.05, 4.69) is 26.1 Å². The lowest BCUT2D eigenvalue weighted by Crippen LogP contribution is -2.54. The first-order valence-electron chi connectivity index (χ1n) is 3.79. The van der Waals surface area contributed by atoms with Crippen LogP contribution in [0.4, 0.5) is 0 Å². The number of hydrogen-bond acceptors (Lipinski definition) is 1. The molecular weight excluding hydrogens is 138 g/mol. The van der Waals surface area contributed by atoms with E-state index in [1.807, 2.05) is 13.8 Å². The van der Waals surface area contributed by atoms with E-state index in [1.54, 1.807) is 0 Å². The molecule has 3 heteroatoms. The molecule has 0 aliphatic heterocycles. The minimum Gasteiger partial charge on any atom is -0.370 e. The number of guanidine groups is 1. The van der Waals surface area contributed by atoms with Gasteiger partial charge in [-0.25, -0.2) is 0 Å². The highest BCUT2D eigenvalue weighted by atomic mass is 15.1. The lowest BCUT2D eigenvalue weighted by Gasteiger charge is -2.39. The van der Waals surface area contributed by atoms with E-state index in [-0.39, 0.29) is 16.9 Å². The Morgan fingerprint density at radius 1 is 1.18 bits per heavy atom. The number of rotatable bonds is 1. The second kappa shape index (κ2) is 2.72. The van der Waals surface area contributed by atoms with Crippen LogP contribution >= 0.6 is 0 Å². The molecule has 0 bridgehead atoms. The summed E-state index contributed by atoms with van der Waals surface area (Å²) in [6.07, 6.45) is 0. The predicted octanol–water partition coefficient (Wildman–Crippen LogP) is 1.29. The minimum absolute atomic E-state index is 0.0323. The van der Waals surface area contributed by atoms with Gasteiger partial charge in [-0.05, 0) is 19.3 Å². The first-order chi connectivity index (χ1) is 4.67. The molecule has 0 aromatic carbocycles. The van der Waals surface area contributed by atoms with Crippen LogP contribution in [-0.2, 0) is 0 Å². The summed E-state index contributed by atoms with van der Waals surface area (Å²) in [7, 11) is 0. The molecule has 0 aliphatic carbocycles. The van der Waals surface area contributed by atoms with Gasteiger partial charge in [-0.3, -0.25) is 5.41 Å². The Kier molecular flexibility index (Phi) is 2.54. The number of nitrogens with two attached hydrogens (primary N) is 1. The van der Waals surface area contributed by atoms with Crippen LogP contribution < -0.4 is 11.1 Å². The summed E-state index contributed by atoms with van der Waals surface area (Å²) in [5, 5.41) is 10.0. The Morgan fingerprint density at radius 3 is 1.64 bits per heavy atom. The molecule has 0 saturated carbocycles. The molecule has 4 N–H and O–H groups in total. The van der Waals surface area contributed by atoms with E-state index < -0.39 is 0 Å². The van der Waals surface area contributed by atoms with Gasteiger partial charge in [0, 0.05) is 5.54 Å². The van der Waals surface area contributed by atoms with Crippen molar-refractivity contribution >= 4 is 5.96 Å². The Morgan fingerprint density at radius 2 is 1.55 bits per heavy atom. The smallest absolute Gasteiger partial charge is 0.186 e. The van der Waals surface area contributed by atoms with Gasteiger partial charge in [0.15, 0.2) is 5.96 Å². The van der Waals surface area contributed by atoms with Crippen LogP contribution in [0.3, 0.4) is 0 Å². The third-order valence-electron chi connectivity index (χ3n) is 2.32. The van der Waals surface area contributed by atoms with Crippen LogP contribution in [0.25, 0.3) is 0 Å². The molecule has 0 aromatic rings. The fourth-order valence-corrected chi connectivity index (χ4v) is 0.524. The van der Waals surface area contributed by atoms with Gasteiger partial charge in [0.05, 0.1) is 0 Å². The average molecular weight is 157 g/mol. The summed E-state index contributed by atoms with van der Waals surface area (Å²) < 4.78 is 0. The quantitative estimate of drug-likeness (QED) is 0.397. The van der Waals surface area contributed by atoms with Crippen molar-refractivity contribution in [2.75, 3.05) is 0 Å². The fraction of sp³-hybridized carbons (Fsp3) is 0.875. The van der Waals surface area contributed by atoms with E-state index in [9.17, 15) is 0 Å². The highest BCUT2D eigenvalue weighted by molar-refractivity contribution is 5.75. The molecular formula is C8H19N3. The van der Waals surface area contributed by atoms with Crippen molar-refractivity contribution in [1.82, 2.24) is 5.32 Å². The zero-order chi connectivity index (χ0) is 9.28. The standard InChI is InChI=1S/C8H19N3/c1-7(2,3)8(4,5)11-6(9)10/h1-5H3,(H4,9,10,11). The second-order valence-electron chi connectivity index (χ2n) is 4.41. The van der Waals surface area contributed by atoms with Crippen molar-refractivity contribution in [1.29, 1.82) is 5.41 Å². The average Bonchev–Trinajstić information content (AvgIpc) is 1.56. The lowest BCUT2D eigenvalue weighted by atomic mass is 9.76. The zero-order valence-corrected chi connectivity index (χ0v) is 8.08. The van der Waals surface area contributed by atoms with Crippen LogP contribution in [0.1, 0.15) is 34.6 Å². The first-order valence-corrected chi connectivity index (χ1v) is 3.79.